The van der Waals surface area contributed by atoms with Crippen LogP contribution in [0.2, 0.25) is 0 Å². The lowest BCUT2D eigenvalue weighted by molar-refractivity contribution is -0.908. The number of H-pyrrole nitrogens is 1. The highest BCUT2D eigenvalue weighted by molar-refractivity contribution is 6.07. The van der Waals surface area contributed by atoms with Gasteiger partial charge in [-0.2, -0.15) is 0 Å². The van der Waals surface area contributed by atoms with Crippen LogP contribution in [0.15, 0.2) is 24.4 Å². The first-order chi connectivity index (χ1) is 11.6. The number of amides is 3. The Bertz CT molecular complexity index is 640. The molecule has 2 aliphatic heterocycles. The number of aromatic amines is 1. The van der Waals surface area contributed by atoms with Crippen molar-refractivity contribution in [3.63, 3.8) is 0 Å². The van der Waals surface area contributed by atoms with Crippen molar-refractivity contribution in [3.05, 3.63) is 24.4 Å². The highest BCUT2D eigenvalue weighted by Gasteiger charge is 2.56. The van der Waals surface area contributed by atoms with Crippen LogP contribution in [-0.2, 0) is 4.79 Å². The highest BCUT2D eigenvalue weighted by atomic mass is 16.2. The molecule has 128 valence electrons. The average Bonchev–Trinajstić information content (AvgIpc) is 3.43. The number of carbonyl (C=O) groups excluding carboxylic acids is 2. The van der Waals surface area contributed by atoms with E-state index in [1.54, 1.807) is 0 Å². The molecule has 1 atom stereocenters. The van der Waals surface area contributed by atoms with Gasteiger partial charge in [0.2, 0.25) is 0 Å². The molecule has 4 rings (SSSR count). The molecular weight excluding hydrogens is 306 g/mol. The maximum Gasteiger partial charge on any atom is 0.329 e. The van der Waals surface area contributed by atoms with Gasteiger partial charge >= 0.3 is 6.03 Å². The van der Waals surface area contributed by atoms with Crippen molar-refractivity contribution in [1.29, 1.82) is 0 Å². The number of carbonyl (C=O) groups is 2. The molecular formula is C17H25N5O2+2. The van der Waals surface area contributed by atoms with Crippen LogP contribution in [0.3, 0.4) is 0 Å². The second kappa shape index (κ2) is 5.73. The molecule has 3 aliphatic rings. The summed E-state index contributed by atoms with van der Waals surface area (Å²) in [5, 5.41) is 2.92. The molecule has 0 radical (unpaired) electrons. The van der Waals surface area contributed by atoms with Gasteiger partial charge in [-0.15, -0.1) is 0 Å². The Kier molecular flexibility index (Phi) is 3.68. The van der Waals surface area contributed by atoms with E-state index in [1.807, 2.05) is 25.3 Å². The summed E-state index contributed by atoms with van der Waals surface area (Å²) in [6.45, 7) is 6.02. The Labute approximate surface area is 141 Å². The van der Waals surface area contributed by atoms with Crippen LogP contribution in [-0.4, -0.2) is 55.2 Å². The number of piperazine rings is 1. The van der Waals surface area contributed by atoms with E-state index >= 15 is 0 Å². The van der Waals surface area contributed by atoms with Gasteiger partial charge in [0.15, 0.2) is 6.67 Å². The summed E-state index contributed by atoms with van der Waals surface area (Å²) < 4.78 is 0. The van der Waals surface area contributed by atoms with E-state index in [0.717, 1.165) is 44.8 Å². The standard InChI is InChI=1S/C17H23N5O2/c1-17(13-5-6-13)15(23)22(16(24)19-17)12-20-8-10-21(11-9-20)14-4-2-3-7-18-14/h2-4,7,13H,5-6,8-12H2,1H3,(H,19,24)/p+2/t17-/m0/s1. The molecule has 3 N–H and O–H groups in total. The summed E-state index contributed by atoms with van der Waals surface area (Å²) in [5.74, 6) is 1.40. The molecule has 3 amide bonds. The lowest BCUT2D eigenvalue weighted by Crippen LogP contribution is -3.16. The van der Waals surface area contributed by atoms with E-state index in [1.165, 1.54) is 9.80 Å². The van der Waals surface area contributed by atoms with Gasteiger partial charge < -0.3 is 10.2 Å². The van der Waals surface area contributed by atoms with Crippen LogP contribution in [0.4, 0.5) is 10.6 Å². The number of nitrogens with one attached hydrogen (secondary N) is 3. The second-order valence-corrected chi connectivity index (χ2v) is 7.28. The number of anilines is 1. The third-order valence-electron chi connectivity index (χ3n) is 5.58. The fourth-order valence-electron chi connectivity index (χ4n) is 3.82. The lowest BCUT2D eigenvalue weighted by Gasteiger charge is -2.30. The summed E-state index contributed by atoms with van der Waals surface area (Å²) >= 11 is 0. The molecule has 3 fully saturated rings. The van der Waals surface area contributed by atoms with Crippen molar-refractivity contribution < 1.29 is 19.5 Å². The van der Waals surface area contributed by atoms with Gasteiger partial charge in [-0.3, -0.25) is 9.69 Å². The van der Waals surface area contributed by atoms with E-state index < -0.39 is 5.54 Å². The second-order valence-electron chi connectivity index (χ2n) is 7.28. The third kappa shape index (κ3) is 2.62. The molecule has 0 bridgehead atoms. The van der Waals surface area contributed by atoms with Gasteiger partial charge in [0.25, 0.3) is 11.7 Å². The molecule has 3 heterocycles. The fraction of sp³-hybridized carbons (Fsp3) is 0.588. The Balaban J connectivity index is 1.35. The van der Waals surface area contributed by atoms with Crippen molar-refractivity contribution in [3.8, 4) is 0 Å². The van der Waals surface area contributed by atoms with Gasteiger partial charge in [-0.1, -0.05) is 6.07 Å². The normalized spacial score (nSPS) is 28.4. The molecule has 1 aliphatic carbocycles. The smallest absolute Gasteiger partial charge is 0.323 e. The minimum atomic E-state index is -0.669. The predicted molar refractivity (Wildman–Crippen MR) is 87.3 cm³/mol. The van der Waals surface area contributed by atoms with Crippen molar-refractivity contribution in [2.75, 3.05) is 37.7 Å². The quantitative estimate of drug-likeness (QED) is 0.687. The van der Waals surface area contributed by atoms with E-state index in [2.05, 4.69) is 21.3 Å². The van der Waals surface area contributed by atoms with Crippen molar-refractivity contribution in [2.24, 2.45) is 5.92 Å². The topological polar surface area (TPSA) is 71.2 Å². The predicted octanol–water partition coefficient (Wildman–Crippen LogP) is -1.12. The summed E-state index contributed by atoms with van der Waals surface area (Å²) in [6.07, 6.45) is 4.01. The van der Waals surface area contributed by atoms with Crippen molar-refractivity contribution in [1.82, 2.24) is 10.2 Å². The molecule has 1 saturated carbocycles. The van der Waals surface area contributed by atoms with Crippen LogP contribution in [0.5, 0.6) is 0 Å². The molecule has 1 aromatic rings. The molecule has 0 unspecified atom stereocenters. The molecule has 0 spiro atoms. The van der Waals surface area contributed by atoms with E-state index in [9.17, 15) is 9.59 Å². The van der Waals surface area contributed by atoms with Crippen LogP contribution in [0.1, 0.15) is 19.8 Å². The summed E-state index contributed by atoms with van der Waals surface area (Å²) in [5.41, 5.74) is -0.669. The lowest BCUT2D eigenvalue weighted by atomic mass is 9.96. The zero-order valence-corrected chi connectivity index (χ0v) is 14.0. The highest BCUT2D eigenvalue weighted by Crippen LogP contribution is 2.42. The van der Waals surface area contributed by atoms with Crippen LogP contribution >= 0.6 is 0 Å². The van der Waals surface area contributed by atoms with E-state index in [-0.39, 0.29) is 11.9 Å². The number of pyridine rings is 1. The maximum atomic E-state index is 12.7. The number of quaternary nitrogens is 1. The monoisotopic (exact) mass is 331 g/mol. The number of urea groups is 1. The van der Waals surface area contributed by atoms with Gasteiger partial charge in [0, 0.05) is 6.07 Å². The largest absolute Gasteiger partial charge is 0.329 e. The average molecular weight is 331 g/mol. The number of rotatable bonds is 4. The molecule has 24 heavy (non-hydrogen) atoms. The third-order valence-corrected chi connectivity index (χ3v) is 5.58. The van der Waals surface area contributed by atoms with Gasteiger partial charge in [0.1, 0.15) is 31.7 Å². The Morgan fingerprint density at radius 3 is 2.67 bits per heavy atom. The first-order valence-electron chi connectivity index (χ1n) is 8.77. The Morgan fingerprint density at radius 1 is 1.29 bits per heavy atom. The number of hydrogen-bond donors (Lipinski definition) is 2. The first kappa shape index (κ1) is 15.4. The van der Waals surface area contributed by atoms with E-state index in [4.69, 9.17) is 0 Å². The summed E-state index contributed by atoms with van der Waals surface area (Å²) in [7, 11) is 0. The fourth-order valence-corrected chi connectivity index (χ4v) is 3.82. The summed E-state index contributed by atoms with van der Waals surface area (Å²) in [4.78, 5) is 33.2. The molecule has 2 saturated heterocycles. The van der Waals surface area contributed by atoms with Gasteiger partial charge in [-0.25, -0.2) is 14.7 Å². The maximum absolute atomic E-state index is 12.7. The number of aromatic nitrogens is 1. The van der Waals surface area contributed by atoms with E-state index in [0.29, 0.717) is 12.6 Å². The zero-order chi connectivity index (χ0) is 16.7. The van der Waals surface area contributed by atoms with Gasteiger partial charge in [0.05, 0.1) is 6.20 Å². The molecule has 7 heteroatoms. The minimum Gasteiger partial charge on any atom is -0.323 e. The number of nitrogens with zero attached hydrogens (tertiary/aromatic N) is 2. The minimum absolute atomic E-state index is 0.0404. The molecule has 7 nitrogen and oxygen atoms in total. The first-order valence-corrected chi connectivity index (χ1v) is 8.77. The zero-order valence-electron chi connectivity index (χ0n) is 14.0. The number of hydrogen-bond acceptors (Lipinski definition) is 3. The van der Waals surface area contributed by atoms with Crippen LogP contribution < -0.4 is 20.1 Å². The van der Waals surface area contributed by atoms with Crippen LogP contribution in [0, 0.1) is 5.92 Å². The molecule has 0 aromatic carbocycles. The summed E-state index contributed by atoms with van der Waals surface area (Å²) in [6, 6.07) is 5.85. The van der Waals surface area contributed by atoms with Crippen molar-refractivity contribution in [2.45, 2.75) is 25.3 Å². The molecule has 1 aromatic heterocycles. The Morgan fingerprint density at radius 2 is 2.04 bits per heavy atom. The SMILES string of the molecule is C[C@@]1(C2CC2)NC(=O)N(C[NH+]2CCN(c3cccc[nH+]3)CC2)C1=O. The Hall–Kier alpha value is -2.15. The van der Waals surface area contributed by atoms with Crippen molar-refractivity contribution >= 4 is 17.8 Å². The van der Waals surface area contributed by atoms with Crippen LogP contribution in [0.25, 0.3) is 0 Å². The van der Waals surface area contributed by atoms with Gasteiger partial charge in [-0.05, 0) is 31.7 Å². The number of imide groups is 1.